The molecule has 0 bridgehead atoms. The van der Waals surface area contributed by atoms with Crippen LogP contribution in [0, 0.1) is 0 Å². The molecule has 0 aliphatic carbocycles. The number of halogens is 3. The van der Waals surface area contributed by atoms with E-state index in [4.69, 9.17) is 34.8 Å². The Hall–Kier alpha value is -1.47. The third kappa shape index (κ3) is 4.54. The monoisotopic (exact) mass is 405 g/mol. The van der Waals surface area contributed by atoms with Crippen molar-refractivity contribution in [3.8, 4) is 0 Å². The van der Waals surface area contributed by atoms with E-state index in [1.54, 1.807) is 0 Å². The van der Waals surface area contributed by atoms with Gasteiger partial charge >= 0.3 is 0 Å². The molecule has 0 aliphatic rings. The molecule has 1 N–H and O–H groups in total. The molecule has 0 atom stereocenters. The highest BCUT2D eigenvalue weighted by atomic mass is 35.5. The van der Waals surface area contributed by atoms with Crippen LogP contribution < -0.4 is 9.73 Å². The van der Waals surface area contributed by atoms with Gasteiger partial charge in [-0.25, -0.2) is 4.83 Å². The zero-order chi connectivity index (χ0) is 17.9. The first-order valence-corrected chi connectivity index (χ1v) is 9.29. The van der Waals surface area contributed by atoms with Crippen LogP contribution in [0.25, 0.3) is 0 Å². The molecule has 0 radical (unpaired) electrons. The Morgan fingerprint density at radius 3 is 2.17 bits per heavy atom. The highest BCUT2D eigenvalue weighted by molar-refractivity contribution is 7.89. The minimum Gasteiger partial charge on any atom is -0.378 e. The Bertz CT molecular complexity index is 866. The second kappa shape index (κ2) is 7.61. The summed E-state index contributed by atoms with van der Waals surface area (Å²) in [6.07, 6.45) is 1.39. The van der Waals surface area contributed by atoms with Crippen molar-refractivity contribution >= 4 is 56.7 Å². The van der Waals surface area contributed by atoms with Gasteiger partial charge in [-0.05, 0) is 29.8 Å². The minimum absolute atomic E-state index is 0.0394. The van der Waals surface area contributed by atoms with Crippen molar-refractivity contribution in [2.75, 3.05) is 19.0 Å². The maximum atomic E-state index is 12.2. The van der Waals surface area contributed by atoms with Gasteiger partial charge in [0.1, 0.15) is 4.90 Å². The van der Waals surface area contributed by atoms with Crippen LogP contribution in [0.1, 0.15) is 5.56 Å². The lowest BCUT2D eigenvalue weighted by atomic mass is 10.2. The fourth-order valence-corrected chi connectivity index (χ4v) is 3.58. The minimum atomic E-state index is -3.95. The number of hydrazone groups is 1. The lowest BCUT2D eigenvalue weighted by Gasteiger charge is -2.11. The SMILES string of the molecule is CN(C)c1ccc(/C=N/NS(=O)(=O)c2cc(Cl)c(Cl)cc2Cl)cc1. The molecule has 2 rings (SSSR count). The maximum Gasteiger partial charge on any atom is 0.278 e. The van der Waals surface area contributed by atoms with Crippen LogP contribution in [0.4, 0.5) is 5.69 Å². The van der Waals surface area contributed by atoms with Crippen molar-refractivity contribution in [1.29, 1.82) is 0 Å². The highest BCUT2D eigenvalue weighted by Gasteiger charge is 2.19. The van der Waals surface area contributed by atoms with E-state index < -0.39 is 10.0 Å². The number of hydrogen-bond acceptors (Lipinski definition) is 4. The lowest BCUT2D eigenvalue weighted by molar-refractivity contribution is 0.585. The Labute approximate surface area is 155 Å². The first-order chi connectivity index (χ1) is 11.2. The van der Waals surface area contributed by atoms with E-state index in [2.05, 4.69) is 9.93 Å². The average molecular weight is 407 g/mol. The zero-order valence-corrected chi connectivity index (χ0v) is 15.9. The van der Waals surface area contributed by atoms with E-state index in [1.165, 1.54) is 18.3 Å². The predicted molar refractivity (Wildman–Crippen MR) is 100 cm³/mol. The second-order valence-electron chi connectivity index (χ2n) is 5.04. The van der Waals surface area contributed by atoms with Crippen LogP contribution in [0.3, 0.4) is 0 Å². The van der Waals surface area contributed by atoms with Gasteiger partial charge in [0.15, 0.2) is 0 Å². The van der Waals surface area contributed by atoms with Gasteiger partial charge in [-0.2, -0.15) is 13.5 Å². The van der Waals surface area contributed by atoms with Gasteiger partial charge in [0, 0.05) is 19.8 Å². The first-order valence-electron chi connectivity index (χ1n) is 6.67. The topological polar surface area (TPSA) is 61.8 Å². The summed E-state index contributed by atoms with van der Waals surface area (Å²) >= 11 is 17.5. The molecule has 0 aromatic heterocycles. The van der Waals surface area contributed by atoms with Crippen LogP contribution in [-0.2, 0) is 10.0 Å². The quantitative estimate of drug-likeness (QED) is 0.463. The van der Waals surface area contributed by atoms with Gasteiger partial charge in [-0.3, -0.25) is 0 Å². The highest BCUT2D eigenvalue weighted by Crippen LogP contribution is 2.31. The van der Waals surface area contributed by atoms with E-state index in [1.807, 2.05) is 43.3 Å². The molecule has 0 saturated heterocycles. The van der Waals surface area contributed by atoms with Crippen molar-refractivity contribution in [2.45, 2.75) is 4.90 Å². The number of anilines is 1. The lowest BCUT2D eigenvalue weighted by Crippen LogP contribution is -2.18. The van der Waals surface area contributed by atoms with E-state index in [-0.39, 0.29) is 20.0 Å². The summed E-state index contributed by atoms with van der Waals surface area (Å²) < 4.78 is 24.5. The number of benzene rings is 2. The van der Waals surface area contributed by atoms with E-state index in [0.717, 1.165) is 11.3 Å². The fraction of sp³-hybridized carbons (Fsp3) is 0.133. The largest absolute Gasteiger partial charge is 0.378 e. The summed E-state index contributed by atoms with van der Waals surface area (Å²) in [5.41, 5.74) is 1.76. The van der Waals surface area contributed by atoms with E-state index >= 15 is 0 Å². The molecule has 5 nitrogen and oxygen atoms in total. The summed E-state index contributed by atoms with van der Waals surface area (Å²) in [5, 5.41) is 3.97. The van der Waals surface area contributed by atoms with Crippen molar-refractivity contribution in [2.24, 2.45) is 5.10 Å². The normalized spacial score (nSPS) is 11.7. The Morgan fingerprint density at radius 2 is 1.58 bits per heavy atom. The van der Waals surface area contributed by atoms with Gasteiger partial charge in [-0.15, -0.1) is 0 Å². The summed E-state index contributed by atoms with van der Waals surface area (Å²) in [6, 6.07) is 9.87. The van der Waals surface area contributed by atoms with Gasteiger partial charge in [-0.1, -0.05) is 46.9 Å². The van der Waals surface area contributed by atoms with Crippen LogP contribution >= 0.6 is 34.8 Å². The zero-order valence-electron chi connectivity index (χ0n) is 12.8. The van der Waals surface area contributed by atoms with Crippen LogP contribution in [0.5, 0.6) is 0 Å². The van der Waals surface area contributed by atoms with Crippen LogP contribution in [0.2, 0.25) is 15.1 Å². The number of hydrogen-bond donors (Lipinski definition) is 1. The van der Waals surface area contributed by atoms with Crippen molar-refractivity contribution in [3.05, 3.63) is 57.0 Å². The molecule has 0 spiro atoms. The van der Waals surface area contributed by atoms with Gasteiger partial charge in [0.25, 0.3) is 10.0 Å². The first kappa shape index (κ1) is 18.9. The smallest absolute Gasteiger partial charge is 0.278 e. The summed E-state index contributed by atoms with van der Waals surface area (Å²) in [7, 11) is -0.0956. The van der Waals surface area contributed by atoms with Crippen LogP contribution in [-0.4, -0.2) is 28.7 Å². The Kier molecular flexibility index (Phi) is 5.98. The molecule has 0 amide bonds. The molecule has 9 heteroatoms. The predicted octanol–water partition coefficient (Wildman–Crippen LogP) is 4.03. The third-order valence-electron chi connectivity index (χ3n) is 3.06. The number of sulfonamides is 1. The van der Waals surface area contributed by atoms with E-state index in [0.29, 0.717) is 0 Å². The molecular formula is C15H14Cl3N3O2S. The summed E-state index contributed by atoms with van der Waals surface area (Å²) in [6.45, 7) is 0. The molecule has 2 aromatic carbocycles. The Morgan fingerprint density at radius 1 is 1.00 bits per heavy atom. The summed E-state index contributed by atoms with van der Waals surface area (Å²) in [5.74, 6) is 0. The van der Waals surface area contributed by atoms with Gasteiger partial charge in [0.05, 0.1) is 21.3 Å². The maximum absolute atomic E-state index is 12.2. The van der Waals surface area contributed by atoms with Crippen LogP contribution in [0.15, 0.2) is 46.4 Å². The molecule has 0 fully saturated rings. The molecule has 24 heavy (non-hydrogen) atoms. The van der Waals surface area contributed by atoms with Crippen molar-refractivity contribution in [1.82, 2.24) is 4.83 Å². The fourth-order valence-electron chi connectivity index (χ4n) is 1.79. The molecule has 0 saturated carbocycles. The Balaban J connectivity index is 2.17. The molecule has 2 aromatic rings. The molecule has 0 unspecified atom stereocenters. The number of nitrogens with zero attached hydrogens (tertiary/aromatic N) is 2. The summed E-state index contributed by atoms with van der Waals surface area (Å²) in [4.78, 5) is 3.85. The van der Waals surface area contributed by atoms with Crippen molar-refractivity contribution in [3.63, 3.8) is 0 Å². The van der Waals surface area contributed by atoms with Gasteiger partial charge < -0.3 is 4.90 Å². The van der Waals surface area contributed by atoms with E-state index in [9.17, 15) is 8.42 Å². The molecular weight excluding hydrogens is 393 g/mol. The van der Waals surface area contributed by atoms with Gasteiger partial charge in [0.2, 0.25) is 0 Å². The molecule has 0 heterocycles. The molecule has 128 valence electrons. The number of nitrogens with one attached hydrogen (secondary N) is 1. The average Bonchev–Trinajstić information content (AvgIpc) is 2.51. The van der Waals surface area contributed by atoms with Crippen molar-refractivity contribution < 1.29 is 8.42 Å². The number of rotatable bonds is 5. The standard InChI is InChI=1S/C15H14Cl3N3O2S/c1-21(2)11-5-3-10(4-6-11)9-19-20-24(22,23)15-8-13(17)12(16)7-14(15)18/h3-9,20H,1-2H3/b19-9+. The molecule has 0 aliphatic heterocycles. The second-order valence-corrected chi connectivity index (χ2v) is 7.89. The third-order valence-corrected chi connectivity index (χ3v) is 5.47.